The van der Waals surface area contributed by atoms with E-state index in [1.54, 1.807) is 18.5 Å². The summed E-state index contributed by atoms with van der Waals surface area (Å²) in [6, 6.07) is 1.77. The Morgan fingerprint density at radius 2 is 2.00 bits per heavy atom. The van der Waals surface area contributed by atoms with E-state index in [1.165, 1.54) is 11.8 Å². The van der Waals surface area contributed by atoms with Gasteiger partial charge in [0.15, 0.2) is 5.82 Å². The summed E-state index contributed by atoms with van der Waals surface area (Å²) < 4.78 is 0. The van der Waals surface area contributed by atoms with Crippen LogP contribution in [-0.4, -0.2) is 39.3 Å². The van der Waals surface area contributed by atoms with Crippen molar-refractivity contribution in [3.05, 3.63) is 28.6 Å². The van der Waals surface area contributed by atoms with Gasteiger partial charge in [-0.05, 0) is 43.6 Å². The van der Waals surface area contributed by atoms with E-state index in [0.29, 0.717) is 21.3 Å². The van der Waals surface area contributed by atoms with Gasteiger partial charge in [0.25, 0.3) is 0 Å². The predicted octanol–water partition coefficient (Wildman–Crippen LogP) is 4.04. The Morgan fingerprint density at radius 1 is 1.22 bits per heavy atom. The lowest BCUT2D eigenvalue weighted by atomic mass is 9.77. The van der Waals surface area contributed by atoms with Crippen molar-refractivity contribution in [1.82, 2.24) is 15.0 Å². The Hall–Kier alpha value is -1.28. The molecule has 1 saturated carbocycles. The number of nitrogens with zero attached hydrogens (tertiary/aromatic N) is 4. The minimum Gasteiger partial charge on any atom is -0.393 e. The Morgan fingerprint density at radius 3 is 2.67 bits per heavy atom. The van der Waals surface area contributed by atoms with Crippen LogP contribution in [0, 0.1) is 5.41 Å². The van der Waals surface area contributed by atoms with Gasteiger partial charge in [-0.3, -0.25) is 0 Å². The van der Waals surface area contributed by atoms with E-state index in [1.807, 2.05) is 0 Å². The number of pyridine rings is 1. The molecule has 9 heteroatoms. The highest BCUT2D eigenvalue weighted by atomic mass is 35.5. The van der Waals surface area contributed by atoms with Crippen molar-refractivity contribution >= 4 is 46.6 Å². The summed E-state index contributed by atoms with van der Waals surface area (Å²) >= 11 is 13.5. The largest absolute Gasteiger partial charge is 0.393 e. The van der Waals surface area contributed by atoms with Crippen LogP contribution in [0.5, 0.6) is 0 Å². The summed E-state index contributed by atoms with van der Waals surface area (Å²) in [4.78, 5) is 16.0. The number of aliphatic hydroxyl groups excluding tert-OH is 1. The molecule has 0 amide bonds. The molecule has 6 nitrogen and oxygen atoms in total. The van der Waals surface area contributed by atoms with E-state index in [-0.39, 0.29) is 11.3 Å². The second kappa shape index (κ2) is 7.62. The molecule has 1 aliphatic carbocycles. The standard InChI is InChI=1S/C18H21Cl2N5OS/c19-14-12(2-6-22-15(14)20)27-17-16(21)24-13(10-23-17)25-7-4-18(5-8-25)3-1-11(26)9-18/h2,6,10-11,26H,1,3-5,7-9H2,(H2,21,24). The smallest absolute Gasteiger partial charge is 0.158 e. The van der Waals surface area contributed by atoms with Crippen molar-refractivity contribution < 1.29 is 5.11 Å². The van der Waals surface area contributed by atoms with Crippen molar-refractivity contribution in [3.63, 3.8) is 0 Å². The number of piperidine rings is 1. The molecule has 2 fully saturated rings. The first-order valence-corrected chi connectivity index (χ1v) is 10.6. The lowest BCUT2D eigenvalue weighted by molar-refractivity contribution is 0.144. The number of aliphatic hydroxyl groups is 1. The molecule has 0 bridgehead atoms. The molecule has 2 aliphatic rings. The van der Waals surface area contributed by atoms with Crippen LogP contribution in [0.25, 0.3) is 0 Å². The summed E-state index contributed by atoms with van der Waals surface area (Å²) in [6.45, 7) is 1.83. The molecule has 1 atom stereocenters. The summed E-state index contributed by atoms with van der Waals surface area (Å²) in [5.74, 6) is 1.17. The minimum absolute atomic E-state index is 0.128. The molecular weight excluding hydrogens is 405 g/mol. The van der Waals surface area contributed by atoms with Crippen LogP contribution in [0.15, 0.2) is 28.4 Å². The van der Waals surface area contributed by atoms with Crippen LogP contribution in [0.1, 0.15) is 32.1 Å². The van der Waals surface area contributed by atoms with E-state index in [0.717, 1.165) is 55.9 Å². The maximum atomic E-state index is 9.88. The molecule has 1 unspecified atom stereocenters. The zero-order valence-corrected chi connectivity index (χ0v) is 17.1. The van der Waals surface area contributed by atoms with Gasteiger partial charge in [-0.25, -0.2) is 15.0 Å². The molecule has 3 N–H and O–H groups in total. The average molecular weight is 426 g/mol. The number of nitrogen functional groups attached to an aromatic ring is 1. The summed E-state index contributed by atoms with van der Waals surface area (Å²) in [5.41, 5.74) is 6.46. The SMILES string of the molecule is Nc1nc(N2CCC3(CCC(O)C3)CC2)cnc1Sc1ccnc(Cl)c1Cl. The van der Waals surface area contributed by atoms with Gasteiger partial charge < -0.3 is 15.7 Å². The first-order valence-electron chi connectivity index (χ1n) is 8.99. The van der Waals surface area contributed by atoms with Crippen molar-refractivity contribution in [2.75, 3.05) is 23.7 Å². The number of hydrogen-bond acceptors (Lipinski definition) is 7. The van der Waals surface area contributed by atoms with Crippen molar-refractivity contribution in [2.24, 2.45) is 5.41 Å². The van der Waals surface area contributed by atoms with Gasteiger partial charge in [0.1, 0.15) is 16.0 Å². The molecule has 144 valence electrons. The maximum absolute atomic E-state index is 9.88. The molecule has 2 aromatic rings. The Bertz CT molecular complexity index is 844. The van der Waals surface area contributed by atoms with Crippen molar-refractivity contribution in [2.45, 2.75) is 48.1 Å². The number of rotatable bonds is 3. The fourth-order valence-corrected chi connectivity index (χ4v) is 5.26. The zero-order chi connectivity index (χ0) is 19.0. The van der Waals surface area contributed by atoms with Crippen LogP contribution in [-0.2, 0) is 0 Å². The first-order chi connectivity index (χ1) is 13.0. The molecule has 2 aromatic heterocycles. The van der Waals surface area contributed by atoms with Crippen LogP contribution in [0.2, 0.25) is 10.2 Å². The second-order valence-electron chi connectivity index (χ2n) is 7.32. The number of anilines is 2. The van der Waals surface area contributed by atoms with E-state index in [2.05, 4.69) is 19.9 Å². The summed E-state index contributed by atoms with van der Waals surface area (Å²) in [6.07, 6.45) is 8.37. The number of nitrogens with two attached hydrogens (primary N) is 1. The minimum atomic E-state index is -0.128. The highest BCUT2D eigenvalue weighted by Crippen LogP contribution is 2.46. The molecule has 0 aromatic carbocycles. The Labute approximate surface area is 172 Å². The predicted molar refractivity (Wildman–Crippen MR) is 109 cm³/mol. The van der Waals surface area contributed by atoms with Gasteiger partial charge in [0.05, 0.1) is 17.3 Å². The molecule has 4 rings (SSSR count). The lowest BCUT2D eigenvalue weighted by Crippen LogP contribution is -2.39. The Balaban J connectivity index is 1.45. The van der Waals surface area contributed by atoms with E-state index in [4.69, 9.17) is 28.9 Å². The molecule has 3 heterocycles. The Kier molecular flexibility index (Phi) is 5.38. The fourth-order valence-electron chi connectivity index (χ4n) is 4.04. The van der Waals surface area contributed by atoms with Gasteiger partial charge >= 0.3 is 0 Å². The highest BCUT2D eigenvalue weighted by molar-refractivity contribution is 7.99. The van der Waals surface area contributed by atoms with E-state index in [9.17, 15) is 5.11 Å². The van der Waals surface area contributed by atoms with E-state index >= 15 is 0 Å². The molecule has 1 saturated heterocycles. The quantitative estimate of drug-likeness (QED) is 0.716. The van der Waals surface area contributed by atoms with Crippen LogP contribution in [0.4, 0.5) is 11.6 Å². The molecule has 0 radical (unpaired) electrons. The number of halogens is 2. The van der Waals surface area contributed by atoms with E-state index < -0.39 is 0 Å². The van der Waals surface area contributed by atoms with Crippen molar-refractivity contribution in [3.8, 4) is 0 Å². The molecular formula is C18H21Cl2N5OS. The van der Waals surface area contributed by atoms with Crippen LogP contribution >= 0.6 is 35.0 Å². The molecule has 1 spiro atoms. The molecule has 1 aliphatic heterocycles. The first kappa shape index (κ1) is 19.1. The summed E-state index contributed by atoms with van der Waals surface area (Å²) in [7, 11) is 0. The zero-order valence-electron chi connectivity index (χ0n) is 14.7. The van der Waals surface area contributed by atoms with Crippen LogP contribution < -0.4 is 10.6 Å². The lowest BCUT2D eigenvalue weighted by Gasteiger charge is -2.39. The average Bonchev–Trinajstić information content (AvgIpc) is 3.01. The third kappa shape index (κ3) is 3.97. The normalized spacial score (nSPS) is 21.7. The highest BCUT2D eigenvalue weighted by Gasteiger charge is 2.41. The van der Waals surface area contributed by atoms with Crippen LogP contribution in [0.3, 0.4) is 0 Å². The van der Waals surface area contributed by atoms with Crippen molar-refractivity contribution in [1.29, 1.82) is 0 Å². The van der Waals surface area contributed by atoms with Gasteiger partial charge in [0.2, 0.25) is 0 Å². The monoisotopic (exact) mass is 425 g/mol. The fraction of sp³-hybridized carbons (Fsp3) is 0.500. The second-order valence-corrected chi connectivity index (χ2v) is 9.08. The molecule has 27 heavy (non-hydrogen) atoms. The van der Waals surface area contributed by atoms with Gasteiger partial charge in [-0.15, -0.1) is 0 Å². The van der Waals surface area contributed by atoms with Gasteiger partial charge in [-0.2, -0.15) is 0 Å². The maximum Gasteiger partial charge on any atom is 0.158 e. The topological polar surface area (TPSA) is 88.2 Å². The number of hydrogen-bond donors (Lipinski definition) is 2. The third-order valence-corrected chi connectivity index (χ3v) is 7.54. The summed E-state index contributed by atoms with van der Waals surface area (Å²) in [5, 5.41) is 11.1. The van der Waals surface area contributed by atoms with Gasteiger partial charge in [0, 0.05) is 24.2 Å². The number of aromatic nitrogens is 3. The van der Waals surface area contributed by atoms with Gasteiger partial charge in [-0.1, -0.05) is 35.0 Å². The third-order valence-electron chi connectivity index (χ3n) is 5.59.